The third-order valence-electron chi connectivity index (χ3n) is 6.18. The molecule has 2 heterocycles. The van der Waals surface area contributed by atoms with Crippen molar-refractivity contribution in [3.63, 3.8) is 0 Å². The summed E-state index contributed by atoms with van der Waals surface area (Å²) in [7, 11) is 3.70. The molecule has 2 rings (SSSR count). The highest BCUT2D eigenvalue weighted by atomic mass is 16.2. The molecule has 7 nitrogen and oxygen atoms in total. The van der Waals surface area contributed by atoms with Crippen molar-refractivity contribution >= 4 is 11.9 Å². The predicted molar refractivity (Wildman–Crippen MR) is 121 cm³/mol. The van der Waals surface area contributed by atoms with Crippen LogP contribution in [0.1, 0.15) is 59.3 Å². The zero-order valence-electron chi connectivity index (χ0n) is 19.5. The summed E-state index contributed by atoms with van der Waals surface area (Å²) in [6.45, 7) is 13.6. The van der Waals surface area contributed by atoms with E-state index in [0.717, 1.165) is 57.9 Å². The van der Waals surface area contributed by atoms with Crippen molar-refractivity contribution in [2.45, 2.75) is 70.9 Å². The van der Waals surface area contributed by atoms with E-state index in [9.17, 15) is 4.79 Å². The number of amides is 1. The molecule has 0 aromatic rings. The monoisotopic (exact) mass is 408 g/mol. The second kappa shape index (κ2) is 11.7. The summed E-state index contributed by atoms with van der Waals surface area (Å²) in [4.78, 5) is 23.8. The van der Waals surface area contributed by atoms with Crippen molar-refractivity contribution < 1.29 is 4.79 Å². The minimum Gasteiger partial charge on any atom is -0.357 e. The molecule has 0 aromatic carbocycles. The van der Waals surface area contributed by atoms with Gasteiger partial charge < -0.3 is 15.5 Å². The van der Waals surface area contributed by atoms with Crippen LogP contribution in [0, 0.1) is 0 Å². The highest BCUT2D eigenvalue weighted by Gasteiger charge is 2.31. The first kappa shape index (κ1) is 23.9. The van der Waals surface area contributed by atoms with E-state index in [0.29, 0.717) is 0 Å². The predicted octanol–water partition coefficient (Wildman–Crippen LogP) is 1.75. The van der Waals surface area contributed by atoms with Crippen molar-refractivity contribution in [3.8, 4) is 0 Å². The number of nitrogens with zero attached hydrogens (tertiary/aromatic N) is 4. The molecule has 0 spiro atoms. The van der Waals surface area contributed by atoms with Crippen LogP contribution in [0.2, 0.25) is 0 Å². The average molecular weight is 409 g/mol. The second-order valence-electron chi connectivity index (χ2n) is 9.26. The molecule has 0 bridgehead atoms. The minimum atomic E-state index is 0.0669. The molecule has 2 aliphatic heterocycles. The SMILES string of the molecule is CCNC(=NCC(C)(C)N1CCCCC1)NCCCN1CCCC1C(=O)N(C)C. The van der Waals surface area contributed by atoms with E-state index in [1.165, 1.54) is 32.4 Å². The van der Waals surface area contributed by atoms with Gasteiger partial charge in [0.25, 0.3) is 0 Å². The van der Waals surface area contributed by atoms with Gasteiger partial charge in [0, 0.05) is 39.3 Å². The number of hydrogen-bond acceptors (Lipinski definition) is 4. The van der Waals surface area contributed by atoms with E-state index >= 15 is 0 Å². The number of guanidine groups is 1. The van der Waals surface area contributed by atoms with Crippen LogP contribution in [0.25, 0.3) is 0 Å². The number of hydrogen-bond donors (Lipinski definition) is 2. The Kier molecular flexibility index (Phi) is 9.69. The van der Waals surface area contributed by atoms with Gasteiger partial charge in [0.2, 0.25) is 5.91 Å². The molecule has 0 aromatic heterocycles. The lowest BCUT2D eigenvalue weighted by atomic mass is 9.99. The van der Waals surface area contributed by atoms with E-state index in [4.69, 9.17) is 4.99 Å². The van der Waals surface area contributed by atoms with Crippen molar-refractivity contribution in [2.24, 2.45) is 4.99 Å². The molecule has 29 heavy (non-hydrogen) atoms. The zero-order valence-corrected chi connectivity index (χ0v) is 19.5. The standard InChI is InChI=1S/C22H44N6O/c1-6-23-21(25-18-22(2,3)28-16-8-7-9-17-28)24-13-11-15-27-14-10-12-19(27)20(29)26(4)5/h19H,6-18H2,1-5H3,(H2,23,24,25). The molecule has 2 N–H and O–H groups in total. The topological polar surface area (TPSA) is 63.2 Å². The number of carbonyl (C=O) groups is 1. The smallest absolute Gasteiger partial charge is 0.239 e. The molecular formula is C22H44N6O. The Labute approximate surface area is 178 Å². The van der Waals surface area contributed by atoms with Gasteiger partial charge in [-0.05, 0) is 72.5 Å². The van der Waals surface area contributed by atoms with E-state index in [2.05, 4.69) is 41.2 Å². The van der Waals surface area contributed by atoms with Crippen LogP contribution in [0.5, 0.6) is 0 Å². The Hall–Kier alpha value is -1.34. The largest absolute Gasteiger partial charge is 0.357 e. The number of likely N-dealkylation sites (N-methyl/N-ethyl adjacent to an activating group) is 1. The van der Waals surface area contributed by atoms with Gasteiger partial charge in [-0.25, -0.2) is 0 Å². The summed E-state index contributed by atoms with van der Waals surface area (Å²) in [5, 5.41) is 6.86. The van der Waals surface area contributed by atoms with Crippen molar-refractivity contribution in [2.75, 3.05) is 59.9 Å². The molecule has 0 aliphatic carbocycles. The van der Waals surface area contributed by atoms with Gasteiger partial charge in [-0.3, -0.25) is 19.6 Å². The molecule has 2 fully saturated rings. The maximum Gasteiger partial charge on any atom is 0.239 e. The third-order valence-corrected chi connectivity index (χ3v) is 6.18. The Morgan fingerprint density at radius 1 is 1.10 bits per heavy atom. The minimum absolute atomic E-state index is 0.0669. The number of carbonyl (C=O) groups excluding carboxylic acids is 1. The van der Waals surface area contributed by atoms with Crippen LogP contribution in [-0.4, -0.2) is 98.1 Å². The number of likely N-dealkylation sites (tertiary alicyclic amines) is 2. The van der Waals surface area contributed by atoms with Crippen LogP contribution in [0.3, 0.4) is 0 Å². The average Bonchev–Trinajstić information content (AvgIpc) is 3.17. The van der Waals surface area contributed by atoms with Gasteiger partial charge in [0.05, 0.1) is 12.6 Å². The first-order valence-corrected chi connectivity index (χ1v) is 11.6. The first-order chi connectivity index (χ1) is 13.8. The second-order valence-corrected chi connectivity index (χ2v) is 9.26. The summed E-state index contributed by atoms with van der Waals surface area (Å²) in [5.41, 5.74) is 0.0953. The third kappa shape index (κ3) is 7.45. The van der Waals surface area contributed by atoms with Gasteiger partial charge in [0.15, 0.2) is 5.96 Å². The van der Waals surface area contributed by atoms with E-state index in [1.54, 1.807) is 4.90 Å². The van der Waals surface area contributed by atoms with Crippen LogP contribution in [0.15, 0.2) is 4.99 Å². The first-order valence-electron chi connectivity index (χ1n) is 11.6. The fourth-order valence-corrected chi connectivity index (χ4v) is 4.37. The number of aliphatic imine (C=N–C) groups is 1. The normalized spacial score (nSPS) is 22.0. The van der Waals surface area contributed by atoms with Gasteiger partial charge >= 0.3 is 0 Å². The Morgan fingerprint density at radius 3 is 2.48 bits per heavy atom. The highest BCUT2D eigenvalue weighted by molar-refractivity contribution is 5.81. The van der Waals surface area contributed by atoms with E-state index in [-0.39, 0.29) is 17.5 Å². The van der Waals surface area contributed by atoms with Gasteiger partial charge in [-0.1, -0.05) is 6.42 Å². The molecule has 0 saturated carbocycles. The fraction of sp³-hybridized carbons (Fsp3) is 0.909. The summed E-state index contributed by atoms with van der Waals surface area (Å²) in [5.74, 6) is 1.14. The fourth-order valence-electron chi connectivity index (χ4n) is 4.37. The van der Waals surface area contributed by atoms with Crippen molar-refractivity contribution in [3.05, 3.63) is 0 Å². The van der Waals surface area contributed by atoms with Crippen LogP contribution in [0.4, 0.5) is 0 Å². The number of rotatable bonds is 9. The van der Waals surface area contributed by atoms with Crippen molar-refractivity contribution in [1.29, 1.82) is 0 Å². The molecule has 1 unspecified atom stereocenters. The molecule has 1 amide bonds. The van der Waals surface area contributed by atoms with Crippen LogP contribution >= 0.6 is 0 Å². The van der Waals surface area contributed by atoms with Crippen molar-refractivity contribution in [1.82, 2.24) is 25.3 Å². The molecule has 168 valence electrons. The maximum atomic E-state index is 12.3. The summed E-state index contributed by atoms with van der Waals surface area (Å²) < 4.78 is 0. The lowest BCUT2D eigenvalue weighted by Crippen LogP contribution is -2.49. The summed E-state index contributed by atoms with van der Waals surface area (Å²) >= 11 is 0. The quantitative estimate of drug-likeness (QED) is 0.346. The van der Waals surface area contributed by atoms with Crippen LogP contribution < -0.4 is 10.6 Å². The molecule has 2 aliphatic rings. The molecule has 7 heteroatoms. The maximum absolute atomic E-state index is 12.3. The molecule has 0 radical (unpaired) electrons. The van der Waals surface area contributed by atoms with E-state index in [1.807, 2.05) is 14.1 Å². The lowest BCUT2D eigenvalue weighted by molar-refractivity contribution is -0.133. The summed E-state index contributed by atoms with van der Waals surface area (Å²) in [6.07, 6.45) is 7.08. The number of nitrogens with one attached hydrogen (secondary N) is 2. The molecular weight excluding hydrogens is 364 g/mol. The lowest BCUT2D eigenvalue weighted by Gasteiger charge is -2.40. The zero-order chi connectivity index (χ0) is 21.3. The number of piperidine rings is 1. The van der Waals surface area contributed by atoms with Gasteiger partial charge in [0.1, 0.15) is 0 Å². The van der Waals surface area contributed by atoms with E-state index < -0.39 is 0 Å². The Bertz CT molecular complexity index is 527. The molecule has 2 saturated heterocycles. The Balaban J connectivity index is 1.78. The highest BCUT2D eigenvalue weighted by Crippen LogP contribution is 2.21. The molecule has 1 atom stereocenters. The summed E-state index contributed by atoms with van der Waals surface area (Å²) in [6, 6.07) is 0.0669. The van der Waals surface area contributed by atoms with Gasteiger partial charge in [-0.15, -0.1) is 0 Å². The Morgan fingerprint density at radius 2 is 1.83 bits per heavy atom. The van der Waals surface area contributed by atoms with Crippen LogP contribution in [-0.2, 0) is 4.79 Å². The van der Waals surface area contributed by atoms with Gasteiger partial charge in [-0.2, -0.15) is 0 Å².